The van der Waals surface area contributed by atoms with E-state index < -0.39 is 87.3 Å². The molecule has 0 N–H and O–H groups in total. The Labute approximate surface area is 202 Å². The van der Waals surface area contributed by atoms with Crippen molar-refractivity contribution in [3.63, 3.8) is 0 Å². The van der Waals surface area contributed by atoms with Crippen LogP contribution < -0.4 is 4.90 Å². The predicted molar refractivity (Wildman–Crippen MR) is 102 cm³/mol. The molecule has 0 spiro atoms. The SMILES string of the molecule is CCOCN(c1c([N+](=O)[O-])cc(C(F)(F)F)cc1[N+](=O)[O-])c1c(C(F)(F)F)c(C(F)(F)C(F)(F)F)nn1C. The van der Waals surface area contributed by atoms with Gasteiger partial charge in [0.25, 0.3) is 0 Å². The number of benzene rings is 1. The number of halogens is 11. The maximum absolute atomic E-state index is 14.1. The maximum atomic E-state index is 14.1. The van der Waals surface area contributed by atoms with Gasteiger partial charge in [0, 0.05) is 25.8 Å². The summed E-state index contributed by atoms with van der Waals surface area (Å²) in [5, 5.41) is 25.8. The molecule has 0 bridgehead atoms. The minimum atomic E-state index is -6.63. The van der Waals surface area contributed by atoms with Crippen LogP contribution in [-0.2, 0) is 30.1 Å². The second-order valence-corrected chi connectivity index (χ2v) is 7.17. The van der Waals surface area contributed by atoms with Gasteiger partial charge in [0.15, 0.2) is 5.69 Å². The summed E-state index contributed by atoms with van der Waals surface area (Å²) in [5.74, 6) is -8.11. The Morgan fingerprint density at radius 1 is 0.921 bits per heavy atom. The van der Waals surface area contributed by atoms with Crippen molar-refractivity contribution in [2.75, 3.05) is 18.2 Å². The van der Waals surface area contributed by atoms with Crippen molar-refractivity contribution in [1.29, 1.82) is 0 Å². The van der Waals surface area contributed by atoms with E-state index in [1.54, 1.807) is 0 Å². The summed E-state index contributed by atoms with van der Waals surface area (Å²) < 4.78 is 153. The number of nitrogens with zero attached hydrogens (tertiary/aromatic N) is 5. The Balaban J connectivity index is 3.15. The topological polar surface area (TPSA) is 117 Å². The Morgan fingerprint density at radius 2 is 1.39 bits per heavy atom. The molecule has 0 radical (unpaired) electrons. The van der Waals surface area contributed by atoms with Gasteiger partial charge >= 0.3 is 35.8 Å². The monoisotopic (exact) mass is 575 g/mol. The van der Waals surface area contributed by atoms with E-state index in [9.17, 15) is 68.5 Å². The molecule has 0 aliphatic heterocycles. The maximum Gasteiger partial charge on any atom is 0.459 e. The van der Waals surface area contributed by atoms with Gasteiger partial charge in [-0.3, -0.25) is 29.8 Å². The van der Waals surface area contributed by atoms with Crippen LogP contribution in [0, 0.1) is 20.2 Å². The highest BCUT2D eigenvalue weighted by atomic mass is 19.4. The van der Waals surface area contributed by atoms with Gasteiger partial charge in [-0.1, -0.05) is 0 Å². The van der Waals surface area contributed by atoms with E-state index in [0.29, 0.717) is 7.05 Å². The molecule has 0 saturated carbocycles. The molecule has 38 heavy (non-hydrogen) atoms. The molecule has 2 rings (SSSR count). The first-order chi connectivity index (χ1) is 17.1. The van der Waals surface area contributed by atoms with Crippen molar-refractivity contribution in [3.05, 3.63) is 49.2 Å². The normalized spacial score (nSPS) is 13.1. The lowest BCUT2D eigenvalue weighted by atomic mass is 10.1. The van der Waals surface area contributed by atoms with E-state index in [4.69, 9.17) is 4.74 Å². The van der Waals surface area contributed by atoms with Crippen molar-refractivity contribution < 1.29 is 62.9 Å². The van der Waals surface area contributed by atoms with Crippen molar-refractivity contribution in [1.82, 2.24) is 9.78 Å². The van der Waals surface area contributed by atoms with Gasteiger partial charge in [0.1, 0.15) is 18.1 Å². The summed E-state index contributed by atoms with van der Waals surface area (Å²) in [6, 6.07) is -0.591. The van der Waals surface area contributed by atoms with Crippen LogP contribution in [0.1, 0.15) is 23.7 Å². The van der Waals surface area contributed by atoms with Crippen LogP contribution in [0.4, 0.5) is 71.2 Å². The Morgan fingerprint density at radius 3 is 1.74 bits per heavy atom. The molecular weight excluding hydrogens is 563 g/mol. The molecule has 1 heterocycles. The molecule has 0 saturated heterocycles. The van der Waals surface area contributed by atoms with E-state index in [1.165, 1.54) is 6.92 Å². The quantitative estimate of drug-likeness (QED) is 0.163. The number of ether oxygens (including phenoxy) is 1. The lowest BCUT2D eigenvalue weighted by molar-refractivity contribution is -0.393. The molecule has 0 aliphatic rings. The third-order valence-electron chi connectivity index (χ3n) is 4.69. The third kappa shape index (κ3) is 5.55. The fourth-order valence-corrected chi connectivity index (χ4v) is 3.18. The summed E-state index contributed by atoms with van der Waals surface area (Å²) in [4.78, 5) is 19.6. The van der Waals surface area contributed by atoms with Crippen LogP contribution in [0.25, 0.3) is 0 Å². The highest BCUT2D eigenvalue weighted by molar-refractivity contribution is 5.82. The number of rotatable bonds is 8. The second-order valence-electron chi connectivity index (χ2n) is 7.17. The number of aromatic nitrogens is 2. The summed E-state index contributed by atoms with van der Waals surface area (Å²) in [5.41, 5.74) is -13.1. The molecule has 0 atom stereocenters. The van der Waals surface area contributed by atoms with E-state index in [0.717, 1.165) is 0 Å². The number of nitro benzene ring substituents is 2. The number of aryl methyl sites for hydroxylation is 1. The predicted octanol–water partition coefficient (Wildman–Crippen LogP) is 6.06. The molecule has 0 aliphatic carbocycles. The number of hydrogen-bond acceptors (Lipinski definition) is 7. The van der Waals surface area contributed by atoms with Gasteiger partial charge in [0.05, 0.1) is 15.4 Å². The van der Waals surface area contributed by atoms with Crippen LogP contribution in [0.5, 0.6) is 0 Å². The van der Waals surface area contributed by atoms with Crippen molar-refractivity contribution in [2.24, 2.45) is 7.05 Å². The molecule has 0 unspecified atom stereocenters. The fourth-order valence-electron chi connectivity index (χ4n) is 3.18. The summed E-state index contributed by atoms with van der Waals surface area (Å²) in [6.45, 7) is -0.725. The Hall–Kier alpha value is -3.78. The molecule has 1 aromatic carbocycles. The highest BCUT2D eigenvalue weighted by Gasteiger charge is 2.64. The molecule has 21 heteroatoms. The van der Waals surface area contributed by atoms with Crippen molar-refractivity contribution in [3.8, 4) is 0 Å². The van der Waals surface area contributed by atoms with E-state index in [1.807, 2.05) is 0 Å². The van der Waals surface area contributed by atoms with Gasteiger partial charge in [-0.05, 0) is 6.92 Å². The third-order valence-corrected chi connectivity index (χ3v) is 4.69. The summed E-state index contributed by atoms with van der Waals surface area (Å²) >= 11 is 0. The van der Waals surface area contributed by atoms with Crippen molar-refractivity contribution >= 4 is 22.9 Å². The van der Waals surface area contributed by atoms with E-state index in [-0.39, 0.29) is 21.7 Å². The van der Waals surface area contributed by atoms with Crippen molar-refractivity contribution in [2.45, 2.75) is 31.4 Å². The molecular formula is C17H12F11N5O5. The number of anilines is 2. The summed E-state index contributed by atoms with van der Waals surface area (Å²) in [7, 11) is 0.390. The zero-order chi connectivity index (χ0) is 29.6. The van der Waals surface area contributed by atoms with Crippen LogP contribution in [0.3, 0.4) is 0 Å². The van der Waals surface area contributed by atoms with Crippen LogP contribution >= 0.6 is 0 Å². The van der Waals surface area contributed by atoms with E-state index >= 15 is 0 Å². The average molecular weight is 575 g/mol. The first-order valence-corrected chi connectivity index (χ1v) is 9.55. The van der Waals surface area contributed by atoms with Gasteiger partial charge < -0.3 is 4.74 Å². The number of alkyl halides is 11. The smallest absolute Gasteiger partial charge is 0.361 e. The second kappa shape index (κ2) is 9.83. The fraction of sp³-hybridized carbons (Fsp3) is 0.471. The lowest BCUT2D eigenvalue weighted by Crippen LogP contribution is -2.36. The lowest BCUT2D eigenvalue weighted by Gasteiger charge is -2.26. The Kier molecular flexibility index (Phi) is 7.88. The first-order valence-electron chi connectivity index (χ1n) is 9.55. The van der Waals surface area contributed by atoms with Gasteiger partial charge in [-0.15, -0.1) is 0 Å². The van der Waals surface area contributed by atoms with Crippen LogP contribution in [-0.4, -0.2) is 39.1 Å². The molecule has 0 amide bonds. The molecule has 10 nitrogen and oxygen atoms in total. The highest BCUT2D eigenvalue weighted by Crippen LogP contribution is 2.53. The van der Waals surface area contributed by atoms with Crippen LogP contribution in [0.15, 0.2) is 12.1 Å². The first kappa shape index (κ1) is 30.4. The molecule has 0 fully saturated rings. The van der Waals surface area contributed by atoms with Gasteiger partial charge in [-0.2, -0.15) is 53.4 Å². The Bertz CT molecular complexity index is 1200. The minimum Gasteiger partial charge on any atom is -0.361 e. The minimum absolute atomic E-state index is 0.230. The van der Waals surface area contributed by atoms with Crippen LogP contribution in [0.2, 0.25) is 0 Å². The molecule has 1 aromatic heterocycles. The molecule has 212 valence electrons. The average Bonchev–Trinajstić information content (AvgIpc) is 3.10. The van der Waals surface area contributed by atoms with Gasteiger partial charge in [-0.25, -0.2) is 0 Å². The number of nitro groups is 2. The zero-order valence-electron chi connectivity index (χ0n) is 18.5. The van der Waals surface area contributed by atoms with Gasteiger partial charge in [0.2, 0.25) is 5.69 Å². The van der Waals surface area contributed by atoms with E-state index in [2.05, 4.69) is 5.10 Å². The summed E-state index contributed by atoms with van der Waals surface area (Å²) in [6.07, 6.45) is -18.2. The number of hydrogen-bond donors (Lipinski definition) is 0. The molecule has 2 aromatic rings. The largest absolute Gasteiger partial charge is 0.459 e. The zero-order valence-corrected chi connectivity index (χ0v) is 18.5. The standard InChI is InChI=1S/C17H12F11N5O5/c1-3-38-6-31(11-8(32(34)35)4-7(15(20,21)22)5-9(11)33(36)37)13-10(16(23,24)25)12(29-30(13)2)14(18,19)17(26,27)28/h4-5H,3,6H2,1-2H3.